The van der Waals surface area contributed by atoms with E-state index in [1.54, 1.807) is 24.2 Å². The number of aromatic nitrogens is 3. The minimum absolute atomic E-state index is 0.0149. The van der Waals surface area contributed by atoms with Crippen LogP contribution in [0.1, 0.15) is 11.3 Å². The summed E-state index contributed by atoms with van der Waals surface area (Å²) in [5.41, 5.74) is 6.95. The third-order valence-electron chi connectivity index (χ3n) is 2.04. The first kappa shape index (κ1) is 11.5. The Morgan fingerprint density at radius 1 is 1.29 bits per heavy atom. The molecule has 86 valence electrons. The van der Waals surface area contributed by atoms with E-state index < -0.39 is 0 Å². The van der Waals surface area contributed by atoms with E-state index in [1.165, 1.54) is 6.33 Å². The van der Waals surface area contributed by atoms with Crippen molar-refractivity contribution in [2.45, 2.75) is 10.8 Å². The van der Waals surface area contributed by atoms with Crippen LogP contribution in [-0.4, -0.2) is 20.8 Å². The number of nitrogen functional groups attached to an aromatic ring is 1. The second-order valence-corrected chi connectivity index (χ2v) is 4.29. The van der Waals surface area contributed by atoms with E-state index in [4.69, 9.17) is 11.1 Å². The summed E-state index contributed by atoms with van der Waals surface area (Å²) in [5.74, 6) is 0.749. The highest BCUT2D eigenvalue weighted by Crippen LogP contribution is 2.19. The number of hydrogen-bond acceptors (Lipinski definition) is 5. The van der Waals surface area contributed by atoms with Gasteiger partial charge < -0.3 is 5.73 Å². The summed E-state index contributed by atoms with van der Waals surface area (Å²) in [6, 6.07) is 5.58. The third kappa shape index (κ3) is 3.25. The first-order valence-corrected chi connectivity index (χ1v) is 5.92. The lowest BCUT2D eigenvalue weighted by molar-refractivity contribution is 1.05. The number of rotatable bonds is 4. The average Bonchev–Trinajstić information content (AvgIpc) is 2.38. The van der Waals surface area contributed by atoms with E-state index in [0.717, 1.165) is 16.3 Å². The molecule has 0 bridgehead atoms. The van der Waals surface area contributed by atoms with Crippen molar-refractivity contribution in [3.8, 4) is 0 Å². The van der Waals surface area contributed by atoms with Crippen molar-refractivity contribution in [1.82, 2.24) is 15.0 Å². The smallest absolute Gasteiger partial charge is 0.141 e. The summed E-state index contributed by atoms with van der Waals surface area (Å²) in [6.45, 7) is 0. The average molecular weight is 245 g/mol. The van der Waals surface area contributed by atoms with Gasteiger partial charge in [-0.15, -0.1) is 11.8 Å². The fourth-order valence-corrected chi connectivity index (χ4v) is 2.01. The number of nitrogens with zero attached hydrogens (tertiary/aromatic N) is 3. The molecule has 6 heteroatoms. The first-order chi connectivity index (χ1) is 8.25. The van der Waals surface area contributed by atoms with Crippen LogP contribution in [0.5, 0.6) is 0 Å². The van der Waals surface area contributed by atoms with Crippen LogP contribution in [0.15, 0.2) is 41.9 Å². The van der Waals surface area contributed by atoms with Crippen LogP contribution in [0.25, 0.3) is 0 Å². The van der Waals surface area contributed by atoms with Gasteiger partial charge in [-0.25, -0.2) is 9.97 Å². The van der Waals surface area contributed by atoms with Crippen molar-refractivity contribution in [1.29, 1.82) is 5.41 Å². The first-order valence-electron chi connectivity index (χ1n) is 4.94. The van der Waals surface area contributed by atoms with Crippen LogP contribution in [0.3, 0.4) is 0 Å². The second kappa shape index (κ2) is 5.40. The maximum atomic E-state index is 7.32. The molecule has 3 N–H and O–H groups in total. The van der Waals surface area contributed by atoms with Crippen LogP contribution in [-0.2, 0) is 5.75 Å². The Bertz CT molecular complexity index is 514. The molecule has 0 aliphatic heterocycles. The standard InChI is InChI=1S/C11H11N5S/c12-11(13)9-5-8(1-4-15-9)6-17-10-2-3-14-7-16-10/h1-5,7H,6H2,(H3,12,13). The molecule has 0 aliphatic carbocycles. The van der Waals surface area contributed by atoms with Crippen LogP contribution in [0.4, 0.5) is 0 Å². The molecule has 0 amide bonds. The largest absolute Gasteiger partial charge is 0.382 e. The Morgan fingerprint density at radius 2 is 2.18 bits per heavy atom. The number of hydrogen-bond donors (Lipinski definition) is 2. The van der Waals surface area contributed by atoms with Crippen molar-refractivity contribution in [3.63, 3.8) is 0 Å². The molecule has 5 nitrogen and oxygen atoms in total. The molecule has 0 unspecified atom stereocenters. The molecule has 2 aromatic heterocycles. The van der Waals surface area contributed by atoms with Crippen LogP contribution < -0.4 is 5.73 Å². The Morgan fingerprint density at radius 3 is 2.88 bits per heavy atom. The zero-order valence-electron chi connectivity index (χ0n) is 9.00. The van der Waals surface area contributed by atoms with Crippen LogP contribution in [0.2, 0.25) is 0 Å². The summed E-state index contributed by atoms with van der Waals surface area (Å²) in [7, 11) is 0. The normalized spacial score (nSPS) is 10.1. The lowest BCUT2D eigenvalue weighted by atomic mass is 10.2. The molecule has 2 aromatic rings. The lowest BCUT2D eigenvalue weighted by Crippen LogP contribution is -2.13. The van der Waals surface area contributed by atoms with Gasteiger partial charge in [-0.1, -0.05) is 0 Å². The summed E-state index contributed by atoms with van der Waals surface area (Å²) in [6.07, 6.45) is 4.89. The van der Waals surface area contributed by atoms with Gasteiger partial charge in [0.05, 0.1) is 5.03 Å². The van der Waals surface area contributed by atoms with E-state index >= 15 is 0 Å². The molecular formula is C11H11N5S. The summed E-state index contributed by atoms with van der Waals surface area (Å²) in [5, 5.41) is 8.23. The minimum atomic E-state index is -0.0149. The Labute approximate surface area is 103 Å². The van der Waals surface area contributed by atoms with Gasteiger partial charge in [-0.3, -0.25) is 10.4 Å². The number of nitrogens with two attached hydrogens (primary N) is 1. The van der Waals surface area contributed by atoms with Crippen LogP contribution >= 0.6 is 11.8 Å². The third-order valence-corrected chi connectivity index (χ3v) is 3.06. The van der Waals surface area contributed by atoms with Gasteiger partial charge >= 0.3 is 0 Å². The molecule has 0 aromatic carbocycles. The Hall–Kier alpha value is -1.95. The number of nitrogens with one attached hydrogen (secondary N) is 1. The highest BCUT2D eigenvalue weighted by molar-refractivity contribution is 7.98. The van der Waals surface area contributed by atoms with Gasteiger partial charge in [-0.2, -0.15) is 0 Å². The summed E-state index contributed by atoms with van der Waals surface area (Å²) < 4.78 is 0. The summed E-state index contributed by atoms with van der Waals surface area (Å²) in [4.78, 5) is 12.0. The fraction of sp³-hybridized carbons (Fsp3) is 0.0909. The van der Waals surface area contributed by atoms with E-state index in [1.807, 2.05) is 18.2 Å². The Balaban J connectivity index is 2.04. The minimum Gasteiger partial charge on any atom is -0.382 e. The predicted octanol–water partition coefficient (Wildman–Crippen LogP) is 1.45. The van der Waals surface area contributed by atoms with Gasteiger partial charge in [0.2, 0.25) is 0 Å². The number of pyridine rings is 1. The maximum absolute atomic E-state index is 7.32. The molecule has 0 saturated heterocycles. The highest BCUT2D eigenvalue weighted by atomic mass is 32.2. The monoisotopic (exact) mass is 245 g/mol. The summed E-state index contributed by atoms with van der Waals surface area (Å²) >= 11 is 1.60. The molecule has 0 aliphatic rings. The molecule has 0 atom stereocenters. The van der Waals surface area contributed by atoms with Gasteiger partial charge in [-0.05, 0) is 23.8 Å². The van der Waals surface area contributed by atoms with Crippen molar-refractivity contribution in [2.24, 2.45) is 5.73 Å². The maximum Gasteiger partial charge on any atom is 0.141 e. The zero-order valence-corrected chi connectivity index (χ0v) is 9.81. The predicted molar refractivity (Wildman–Crippen MR) is 66.8 cm³/mol. The van der Waals surface area contributed by atoms with E-state index in [0.29, 0.717) is 5.69 Å². The molecular weight excluding hydrogens is 234 g/mol. The van der Waals surface area contributed by atoms with Gasteiger partial charge in [0.1, 0.15) is 17.9 Å². The molecule has 0 spiro atoms. The highest BCUT2D eigenvalue weighted by Gasteiger charge is 2.01. The zero-order chi connectivity index (χ0) is 12.1. The topological polar surface area (TPSA) is 88.5 Å². The molecule has 17 heavy (non-hydrogen) atoms. The van der Waals surface area contributed by atoms with Gasteiger partial charge in [0.25, 0.3) is 0 Å². The van der Waals surface area contributed by atoms with Crippen molar-refractivity contribution >= 4 is 17.6 Å². The number of amidine groups is 1. The van der Waals surface area contributed by atoms with Crippen molar-refractivity contribution < 1.29 is 0 Å². The van der Waals surface area contributed by atoms with E-state index in [2.05, 4.69) is 15.0 Å². The molecule has 0 radical (unpaired) electrons. The fourth-order valence-electron chi connectivity index (χ4n) is 1.23. The van der Waals surface area contributed by atoms with E-state index in [-0.39, 0.29) is 5.84 Å². The number of thioether (sulfide) groups is 1. The Kier molecular flexibility index (Phi) is 3.66. The second-order valence-electron chi connectivity index (χ2n) is 3.30. The van der Waals surface area contributed by atoms with Crippen molar-refractivity contribution in [3.05, 3.63) is 48.2 Å². The SMILES string of the molecule is N=C(N)c1cc(CSc2ccncn2)ccn1. The molecule has 0 saturated carbocycles. The molecule has 2 rings (SSSR count). The van der Waals surface area contributed by atoms with Crippen molar-refractivity contribution in [2.75, 3.05) is 0 Å². The lowest BCUT2D eigenvalue weighted by Gasteiger charge is -2.02. The molecule has 2 heterocycles. The molecule has 0 fully saturated rings. The quantitative estimate of drug-likeness (QED) is 0.368. The van der Waals surface area contributed by atoms with Crippen LogP contribution in [0, 0.1) is 5.41 Å². The van der Waals surface area contributed by atoms with Gasteiger partial charge in [0.15, 0.2) is 0 Å². The van der Waals surface area contributed by atoms with Gasteiger partial charge in [0, 0.05) is 18.1 Å². The van der Waals surface area contributed by atoms with E-state index in [9.17, 15) is 0 Å².